The molecule has 1 fully saturated rings. The molecule has 0 aromatic carbocycles. The first kappa shape index (κ1) is 26.0. The summed E-state index contributed by atoms with van der Waals surface area (Å²) in [6.07, 6.45) is 0.367. The van der Waals surface area contributed by atoms with Crippen molar-refractivity contribution in [3.63, 3.8) is 0 Å². The number of carbonyl (C=O) groups is 1. The smallest absolute Gasteiger partial charge is 0.220 e. The van der Waals surface area contributed by atoms with Crippen LogP contribution in [0, 0.1) is 0 Å². The fourth-order valence-corrected chi connectivity index (χ4v) is 3.09. The van der Waals surface area contributed by atoms with E-state index in [4.69, 9.17) is 9.47 Å². The Hall–Kier alpha value is -1.07. The van der Waals surface area contributed by atoms with Gasteiger partial charge in [0.25, 0.3) is 0 Å². The molecule has 0 aliphatic carbocycles. The number of aliphatic hydroxyl groups is 5. The van der Waals surface area contributed by atoms with Crippen LogP contribution in [0.15, 0.2) is 12.7 Å². The van der Waals surface area contributed by atoms with Gasteiger partial charge in [0.15, 0.2) is 6.29 Å². The van der Waals surface area contributed by atoms with E-state index >= 15 is 0 Å². The minimum absolute atomic E-state index is 0.173. The van der Waals surface area contributed by atoms with Crippen LogP contribution >= 0.6 is 0 Å². The Kier molecular flexibility index (Phi) is 12.6. The fraction of sp³-hybridized carbons (Fsp3) is 0.850. The molecule has 5 unspecified atom stereocenters. The third-order valence-electron chi connectivity index (χ3n) is 5.03. The van der Waals surface area contributed by atoms with Gasteiger partial charge in [0.2, 0.25) is 5.91 Å². The molecule has 9 heteroatoms. The summed E-state index contributed by atoms with van der Waals surface area (Å²) in [5.74, 6) is -0.209. The molecular weight excluding hydrogens is 382 g/mol. The maximum Gasteiger partial charge on any atom is 0.220 e. The second-order valence-corrected chi connectivity index (χ2v) is 7.54. The van der Waals surface area contributed by atoms with Gasteiger partial charge in [-0.15, -0.1) is 6.58 Å². The molecule has 9 nitrogen and oxygen atoms in total. The van der Waals surface area contributed by atoms with Crippen molar-refractivity contribution in [1.29, 1.82) is 0 Å². The van der Waals surface area contributed by atoms with Crippen LogP contribution in [0.25, 0.3) is 0 Å². The number of hydrogen-bond acceptors (Lipinski definition) is 8. The Morgan fingerprint density at radius 2 is 1.79 bits per heavy atom. The molecule has 6 N–H and O–H groups in total. The van der Waals surface area contributed by atoms with E-state index < -0.39 is 49.5 Å². The highest BCUT2D eigenvalue weighted by Gasteiger charge is 2.44. The molecule has 1 rings (SSSR count). The predicted molar refractivity (Wildman–Crippen MR) is 106 cm³/mol. The molecule has 1 amide bonds. The van der Waals surface area contributed by atoms with Crippen LogP contribution in [-0.4, -0.2) is 87.5 Å². The van der Waals surface area contributed by atoms with Gasteiger partial charge in [0.05, 0.1) is 25.4 Å². The lowest BCUT2D eigenvalue weighted by atomic mass is 9.99. The molecular formula is C20H37NO8. The standard InChI is InChI=1S/C20H37NO8/c1-3-4-5-6-7-8-9-10-16(24)21-14(13(2)23)12-28-20-19(27)18(26)17(25)15(11-22)29-20/h3,13-15,17-20,22-23,25-27H,1,4-12H2,2H3,(H,21,24)/t13?,14?,15?,17-,18?,19?,20-/m0/s1. The van der Waals surface area contributed by atoms with Crippen LogP contribution in [0.1, 0.15) is 51.9 Å². The van der Waals surface area contributed by atoms with Gasteiger partial charge in [0.1, 0.15) is 24.4 Å². The van der Waals surface area contributed by atoms with Gasteiger partial charge in [-0.1, -0.05) is 25.3 Å². The van der Waals surface area contributed by atoms with E-state index in [0.29, 0.717) is 6.42 Å². The van der Waals surface area contributed by atoms with Crippen molar-refractivity contribution in [1.82, 2.24) is 5.32 Å². The number of ether oxygens (including phenoxy) is 2. The Labute approximate surface area is 172 Å². The van der Waals surface area contributed by atoms with Gasteiger partial charge in [-0.2, -0.15) is 0 Å². The average Bonchev–Trinajstić information content (AvgIpc) is 2.69. The number of carbonyl (C=O) groups excluding carboxylic acids is 1. The lowest BCUT2D eigenvalue weighted by molar-refractivity contribution is -0.302. The Bertz CT molecular complexity index is 473. The third kappa shape index (κ3) is 9.08. The minimum Gasteiger partial charge on any atom is -0.394 e. The quantitative estimate of drug-likeness (QED) is 0.164. The molecule has 1 aliphatic heterocycles. The maximum absolute atomic E-state index is 12.1. The summed E-state index contributed by atoms with van der Waals surface area (Å²) in [4.78, 5) is 12.1. The fourth-order valence-electron chi connectivity index (χ4n) is 3.09. The lowest BCUT2D eigenvalue weighted by Gasteiger charge is -2.40. The van der Waals surface area contributed by atoms with E-state index in [9.17, 15) is 30.3 Å². The van der Waals surface area contributed by atoms with Crippen molar-refractivity contribution < 1.29 is 39.8 Å². The molecule has 7 atom stereocenters. The molecule has 0 aromatic heterocycles. The zero-order valence-corrected chi connectivity index (χ0v) is 17.2. The van der Waals surface area contributed by atoms with Crippen LogP contribution in [0.4, 0.5) is 0 Å². The van der Waals surface area contributed by atoms with E-state index in [1.165, 1.54) is 6.92 Å². The SMILES string of the molecule is C=CCCCCCCCC(=O)NC(CO[C@H]1OC(CO)[C@H](O)C(O)C1O)C(C)O. The topological polar surface area (TPSA) is 149 Å². The van der Waals surface area contributed by atoms with E-state index in [-0.39, 0.29) is 12.5 Å². The highest BCUT2D eigenvalue weighted by Crippen LogP contribution is 2.22. The largest absolute Gasteiger partial charge is 0.394 e. The van der Waals surface area contributed by atoms with Gasteiger partial charge < -0.3 is 40.3 Å². The van der Waals surface area contributed by atoms with Gasteiger partial charge >= 0.3 is 0 Å². The highest BCUT2D eigenvalue weighted by molar-refractivity contribution is 5.76. The zero-order valence-electron chi connectivity index (χ0n) is 17.2. The third-order valence-corrected chi connectivity index (χ3v) is 5.03. The Morgan fingerprint density at radius 3 is 2.41 bits per heavy atom. The molecule has 0 spiro atoms. The van der Waals surface area contributed by atoms with Gasteiger partial charge in [-0.25, -0.2) is 0 Å². The first-order chi connectivity index (χ1) is 13.8. The van der Waals surface area contributed by atoms with E-state index in [0.717, 1.165) is 38.5 Å². The normalized spacial score (nSPS) is 29.2. The number of allylic oxidation sites excluding steroid dienone is 1. The highest BCUT2D eigenvalue weighted by atomic mass is 16.7. The number of nitrogens with one attached hydrogen (secondary N) is 1. The van der Waals surface area contributed by atoms with E-state index in [1.54, 1.807) is 0 Å². The lowest BCUT2D eigenvalue weighted by Crippen LogP contribution is -2.60. The van der Waals surface area contributed by atoms with Crippen molar-refractivity contribution in [2.75, 3.05) is 13.2 Å². The summed E-state index contributed by atoms with van der Waals surface area (Å²) in [6.45, 7) is 4.45. The van der Waals surface area contributed by atoms with Crippen molar-refractivity contribution in [2.45, 2.75) is 94.7 Å². The van der Waals surface area contributed by atoms with Gasteiger partial charge in [-0.3, -0.25) is 4.79 Å². The number of amides is 1. The van der Waals surface area contributed by atoms with Crippen LogP contribution in [-0.2, 0) is 14.3 Å². The molecule has 170 valence electrons. The first-order valence-corrected chi connectivity index (χ1v) is 10.3. The van der Waals surface area contributed by atoms with Crippen molar-refractivity contribution >= 4 is 5.91 Å². The molecule has 1 saturated heterocycles. The first-order valence-electron chi connectivity index (χ1n) is 10.3. The van der Waals surface area contributed by atoms with E-state index in [1.807, 2.05) is 6.08 Å². The monoisotopic (exact) mass is 419 g/mol. The van der Waals surface area contributed by atoms with Crippen LogP contribution in [0.3, 0.4) is 0 Å². The van der Waals surface area contributed by atoms with Crippen LogP contribution in [0.5, 0.6) is 0 Å². The zero-order chi connectivity index (χ0) is 21.8. The molecule has 29 heavy (non-hydrogen) atoms. The van der Waals surface area contributed by atoms with Crippen LogP contribution < -0.4 is 5.32 Å². The summed E-state index contributed by atoms with van der Waals surface area (Å²) in [5, 5.41) is 51.3. The number of rotatable bonds is 14. The summed E-state index contributed by atoms with van der Waals surface area (Å²) < 4.78 is 10.7. The second-order valence-electron chi connectivity index (χ2n) is 7.54. The summed E-state index contributed by atoms with van der Waals surface area (Å²) in [6, 6.07) is -0.734. The average molecular weight is 420 g/mol. The predicted octanol–water partition coefficient (Wildman–Crippen LogP) is -0.415. The Balaban J connectivity index is 2.39. The molecule has 1 aliphatic rings. The molecule has 0 bridgehead atoms. The van der Waals surface area contributed by atoms with Crippen molar-refractivity contribution in [2.24, 2.45) is 0 Å². The number of aliphatic hydroxyl groups excluding tert-OH is 5. The minimum atomic E-state index is -1.54. The number of hydrogen-bond donors (Lipinski definition) is 6. The number of unbranched alkanes of at least 4 members (excludes halogenated alkanes) is 5. The van der Waals surface area contributed by atoms with Crippen molar-refractivity contribution in [3.8, 4) is 0 Å². The molecule has 0 saturated carbocycles. The second kappa shape index (κ2) is 14.0. The summed E-state index contributed by atoms with van der Waals surface area (Å²) in [5.41, 5.74) is 0. The van der Waals surface area contributed by atoms with Gasteiger partial charge in [-0.05, 0) is 26.2 Å². The summed E-state index contributed by atoms with van der Waals surface area (Å²) >= 11 is 0. The molecule has 0 aromatic rings. The Morgan fingerprint density at radius 1 is 1.14 bits per heavy atom. The van der Waals surface area contributed by atoms with Gasteiger partial charge in [0, 0.05) is 6.42 Å². The van der Waals surface area contributed by atoms with E-state index in [2.05, 4.69) is 11.9 Å². The van der Waals surface area contributed by atoms with Crippen LogP contribution in [0.2, 0.25) is 0 Å². The molecule has 0 radical (unpaired) electrons. The van der Waals surface area contributed by atoms with Crippen molar-refractivity contribution in [3.05, 3.63) is 12.7 Å². The molecule has 1 heterocycles. The maximum atomic E-state index is 12.1. The summed E-state index contributed by atoms with van der Waals surface area (Å²) in [7, 11) is 0.